The van der Waals surface area contributed by atoms with Crippen LogP contribution < -0.4 is 0 Å². The lowest BCUT2D eigenvalue weighted by molar-refractivity contribution is -0.134. The van der Waals surface area contributed by atoms with Crippen molar-refractivity contribution in [3.63, 3.8) is 0 Å². The predicted octanol–water partition coefficient (Wildman–Crippen LogP) is 4.88. The second-order valence-corrected chi connectivity index (χ2v) is 7.68. The number of nitrogens with zero attached hydrogens (tertiary/aromatic N) is 3. The van der Waals surface area contributed by atoms with Crippen LogP contribution in [0, 0.1) is 4.77 Å². The Labute approximate surface area is 159 Å². The molecule has 0 aliphatic heterocycles. The van der Waals surface area contributed by atoms with E-state index in [1.54, 1.807) is 11.3 Å². The zero-order chi connectivity index (χ0) is 18.2. The molecule has 7 heteroatoms. The number of thiophene rings is 1. The first-order valence-electron chi connectivity index (χ1n) is 9.07. The van der Waals surface area contributed by atoms with Gasteiger partial charge in [0.2, 0.25) is 5.91 Å². The predicted molar refractivity (Wildman–Crippen MR) is 106 cm³/mol. The minimum absolute atomic E-state index is 0.118. The molecule has 1 amide bonds. The van der Waals surface area contributed by atoms with Gasteiger partial charge in [-0.25, -0.2) is 0 Å². The van der Waals surface area contributed by atoms with Crippen LogP contribution in [0.2, 0.25) is 0 Å². The van der Waals surface area contributed by atoms with Gasteiger partial charge in [0.15, 0.2) is 10.6 Å². The van der Waals surface area contributed by atoms with Crippen LogP contribution in [0.1, 0.15) is 52.9 Å². The molecule has 1 N–H and O–H groups in total. The molecule has 2 heterocycles. The Morgan fingerprint density at radius 1 is 1.40 bits per heavy atom. The van der Waals surface area contributed by atoms with Crippen molar-refractivity contribution in [1.29, 1.82) is 0 Å². The number of hydrogen-bond donors (Lipinski definition) is 1. The van der Waals surface area contributed by atoms with Crippen molar-refractivity contribution in [3.8, 4) is 10.7 Å². The minimum Gasteiger partial charge on any atom is -0.338 e. The van der Waals surface area contributed by atoms with Gasteiger partial charge in [0.05, 0.1) is 4.88 Å². The van der Waals surface area contributed by atoms with Gasteiger partial charge in [0, 0.05) is 12.6 Å². The Balaban J connectivity index is 2.17. The largest absolute Gasteiger partial charge is 0.338 e. The van der Waals surface area contributed by atoms with Gasteiger partial charge in [-0.3, -0.25) is 14.5 Å². The lowest BCUT2D eigenvalue weighted by Crippen LogP contribution is -2.41. The van der Waals surface area contributed by atoms with Crippen LogP contribution in [0.15, 0.2) is 17.5 Å². The molecule has 2 aromatic heterocycles. The average Bonchev–Trinajstić information content (AvgIpc) is 3.22. The standard InChI is InChI=1S/C18H28N4OS2/c1-4-6-7-11-21(14(3)9-5-2)16(23)13-22-17(19-20-18(22)24)15-10-8-12-25-15/h8,10,12,14H,4-7,9,11,13H2,1-3H3,(H,20,24). The number of aromatic nitrogens is 3. The summed E-state index contributed by atoms with van der Waals surface area (Å²) in [4.78, 5) is 16.0. The third kappa shape index (κ3) is 5.25. The maximum Gasteiger partial charge on any atom is 0.242 e. The molecule has 0 radical (unpaired) electrons. The molecule has 25 heavy (non-hydrogen) atoms. The molecule has 0 aliphatic rings. The molecule has 0 spiro atoms. The van der Waals surface area contributed by atoms with Gasteiger partial charge in [-0.1, -0.05) is 39.2 Å². The molecule has 2 aromatic rings. The average molecular weight is 381 g/mol. The van der Waals surface area contributed by atoms with Gasteiger partial charge in [0.1, 0.15) is 6.54 Å². The number of nitrogens with one attached hydrogen (secondary N) is 1. The first kappa shape index (κ1) is 19.8. The molecular weight excluding hydrogens is 352 g/mol. The highest BCUT2D eigenvalue weighted by molar-refractivity contribution is 7.71. The summed E-state index contributed by atoms with van der Waals surface area (Å²) >= 11 is 6.95. The highest BCUT2D eigenvalue weighted by Gasteiger charge is 2.21. The molecule has 138 valence electrons. The Morgan fingerprint density at radius 3 is 2.84 bits per heavy atom. The van der Waals surface area contributed by atoms with E-state index >= 15 is 0 Å². The third-order valence-corrected chi connectivity index (χ3v) is 5.53. The SMILES string of the molecule is CCCCCN(C(=O)Cn1c(-c2cccs2)n[nH]c1=S)C(C)CCC. The van der Waals surface area contributed by atoms with Gasteiger partial charge >= 0.3 is 0 Å². The van der Waals surface area contributed by atoms with E-state index in [-0.39, 0.29) is 18.5 Å². The number of aromatic amines is 1. The molecule has 1 unspecified atom stereocenters. The topological polar surface area (TPSA) is 53.9 Å². The number of carbonyl (C=O) groups is 1. The summed E-state index contributed by atoms with van der Waals surface area (Å²) in [5.41, 5.74) is 0. The first-order chi connectivity index (χ1) is 12.1. The fraction of sp³-hybridized carbons (Fsp3) is 0.611. The third-order valence-electron chi connectivity index (χ3n) is 4.35. The number of hydrogen-bond acceptors (Lipinski definition) is 4. The van der Waals surface area contributed by atoms with Crippen molar-refractivity contribution < 1.29 is 4.79 Å². The van der Waals surface area contributed by atoms with Gasteiger partial charge in [0.25, 0.3) is 0 Å². The summed E-state index contributed by atoms with van der Waals surface area (Å²) in [7, 11) is 0. The van der Waals surface area contributed by atoms with E-state index in [0.717, 1.165) is 49.4 Å². The van der Waals surface area contributed by atoms with Crippen molar-refractivity contribution in [2.75, 3.05) is 6.54 Å². The normalized spacial score (nSPS) is 12.3. The monoisotopic (exact) mass is 380 g/mol. The molecule has 0 saturated carbocycles. The molecule has 2 rings (SSSR count). The second-order valence-electron chi connectivity index (χ2n) is 6.35. The van der Waals surface area contributed by atoms with Crippen LogP contribution in [-0.4, -0.2) is 38.2 Å². The van der Waals surface area contributed by atoms with Crippen molar-refractivity contribution in [2.24, 2.45) is 0 Å². The fourth-order valence-electron chi connectivity index (χ4n) is 2.98. The number of carbonyl (C=O) groups excluding carboxylic acids is 1. The van der Waals surface area contributed by atoms with Gasteiger partial charge in [-0.05, 0) is 43.4 Å². The summed E-state index contributed by atoms with van der Waals surface area (Å²) in [5.74, 6) is 0.859. The molecule has 0 saturated heterocycles. The summed E-state index contributed by atoms with van der Waals surface area (Å²) in [6.45, 7) is 7.53. The summed E-state index contributed by atoms with van der Waals surface area (Å²) in [6.07, 6.45) is 5.44. The van der Waals surface area contributed by atoms with Crippen LogP contribution >= 0.6 is 23.6 Å². The molecule has 0 aromatic carbocycles. The molecule has 0 fully saturated rings. The highest BCUT2D eigenvalue weighted by Crippen LogP contribution is 2.23. The van der Waals surface area contributed by atoms with Gasteiger partial charge < -0.3 is 4.90 Å². The Hall–Kier alpha value is -1.47. The Bertz CT molecular complexity index is 705. The Kier molecular flexibility index (Phi) is 7.84. The number of rotatable bonds is 10. The summed E-state index contributed by atoms with van der Waals surface area (Å²) in [6, 6.07) is 4.22. The summed E-state index contributed by atoms with van der Waals surface area (Å²) < 4.78 is 2.31. The molecular formula is C18H28N4OS2. The van der Waals surface area contributed by atoms with Crippen molar-refractivity contribution >= 4 is 29.5 Å². The first-order valence-corrected chi connectivity index (χ1v) is 10.4. The maximum atomic E-state index is 13.0. The Morgan fingerprint density at radius 2 is 2.20 bits per heavy atom. The number of H-pyrrole nitrogens is 1. The molecule has 0 bridgehead atoms. The van der Waals surface area contributed by atoms with Crippen LogP contribution in [0.3, 0.4) is 0 Å². The van der Waals surface area contributed by atoms with E-state index < -0.39 is 0 Å². The van der Waals surface area contributed by atoms with Crippen molar-refractivity contribution in [2.45, 2.75) is 65.5 Å². The molecule has 0 aliphatic carbocycles. The van der Waals surface area contributed by atoms with E-state index in [0.29, 0.717) is 4.77 Å². The quantitative estimate of drug-likeness (QED) is 0.472. The molecule has 1 atom stereocenters. The van der Waals surface area contributed by atoms with E-state index in [1.807, 2.05) is 27.0 Å². The van der Waals surface area contributed by atoms with Crippen LogP contribution in [0.5, 0.6) is 0 Å². The van der Waals surface area contributed by atoms with E-state index in [4.69, 9.17) is 12.2 Å². The maximum absolute atomic E-state index is 13.0. The number of amides is 1. The smallest absolute Gasteiger partial charge is 0.242 e. The fourth-order valence-corrected chi connectivity index (χ4v) is 3.90. The van der Waals surface area contributed by atoms with Crippen LogP contribution in [0.25, 0.3) is 10.7 Å². The summed E-state index contributed by atoms with van der Waals surface area (Å²) in [5, 5.41) is 9.14. The van der Waals surface area contributed by atoms with Crippen LogP contribution in [0.4, 0.5) is 0 Å². The van der Waals surface area contributed by atoms with E-state index in [9.17, 15) is 4.79 Å². The number of unbranched alkanes of at least 4 members (excludes halogenated alkanes) is 2. The molecule has 5 nitrogen and oxygen atoms in total. The van der Waals surface area contributed by atoms with E-state index in [1.165, 1.54) is 0 Å². The van der Waals surface area contributed by atoms with Gasteiger partial charge in [-0.15, -0.1) is 11.3 Å². The van der Waals surface area contributed by atoms with E-state index in [2.05, 4.69) is 31.0 Å². The van der Waals surface area contributed by atoms with Crippen molar-refractivity contribution in [1.82, 2.24) is 19.7 Å². The van der Waals surface area contributed by atoms with Crippen molar-refractivity contribution in [3.05, 3.63) is 22.3 Å². The minimum atomic E-state index is 0.118. The highest BCUT2D eigenvalue weighted by atomic mass is 32.1. The van der Waals surface area contributed by atoms with Gasteiger partial charge in [-0.2, -0.15) is 5.10 Å². The second kappa shape index (κ2) is 9.87. The zero-order valence-electron chi connectivity index (χ0n) is 15.3. The lowest BCUT2D eigenvalue weighted by Gasteiger charge is -2.29. The van der Waals surface area contributed by atoms with Crippen LogP contribution in [-0.2, 0) is 11.3 Å². The zero-order valence-corrected chi connectivity index (χ0v) is 17.0. The lowest BCUT2D eigenvalue weighted by atomic mass is 10.1.